The highest BCUT2D eigenvalue weighted by Crippen LogP contribution is 2.25. The molecule has 0 bridgehead atoms. The third-order valence-corrected chi connectivity index (χ3v) is 5.50. The topological polar surface area (TPSA) is 101 Å². The number of benzene rings is 1. The maximum atomic E-state index is 12.4. The van der Waals surface area contributed by atoms with E-state index in [9.17, 15) is 9.59 Å². The SMILES string of the molecule is Cc1ccc2ncc(=O)n(CN(C)CCC(C)NCc3cnc4c(c3)NC(=O)CO4)c2c1. The van der Waals surface area contributed by atoms with E-state index in [4.69, 9.17) is 4.74 Å². The number of nitrogens with zero attached hydrogens (tertiary/aromatic N) is 4. The van der Waals surface area contributed by atoms with Gasteiger partial charge in [0.15, 0.2) is 6.61 Å². The summed E-state index contributed by atoms with van der Waals surface area (Å²) in [5.74, 6) is 0.286. The van der Waals surface area contributed by atoms with Crippen LogP contribution in [-0.2, 0) is 18.0 Å². The zero-order valence-corrected chi connectivity index (χ0v) is 18.6. The molecule has 1 atom stereocenters. The molecule has 0 saturated heterocycles. The van der Waals surface area contributed by atoms with Crippen molar-refractivity contribution in [2.24, 2.45) is 0 Å². The molecule has 2 aromatic heterocycles. The Balaban J connectivity index is 1.31. The first-order valence-corrected chi connectivity index (χ1v) is 10.7. The molecule has 3 heterocycles. The number of aromatic nitrogens is 3. The molecule has 1 aliphatic heterocycles. The summed E-state index contributed by atoms with van der Waals surface area (Å²) in [5.41, 5.74) is 4.25. The van der Waals surface area contributed by atoms with E-state index in [1.165, 1.54) is 6.20 Å². The van der Waals surface area contributed by atoms with E-state index < -0.39 is 0 Å². The molecule has 0 radical (unpaired) electrons. The molecule has 1 unspecified atom stereocenters. The number of pyridine rings is 1. The predicted molar refractivity (Wildman–Crippen MR) is 123 cm³/mol. The van der Waals surface area contributed by atoms with Gasteiger partial charge in [-0.1, -0.05) is 6.07 Å². The molecule has 1 amide bonds. The fourth-order valence-corrected chi connectivity index (χ4v) is 3.66. The van der Waals surface area contributed by atoms with Gasteiger partial charge in [0.2, 0.25) is 5.88 Å². The minimum atomic E-state index is -0.169. The highest BCUT2D eigenvalue weighted by Gasteiger charge is 2.17. The zero-order valence-electron chi connectivity index (χ0n) is 18.6. The summed E-state index contributed by atoms with van der Waals surface area (Å²) in [6.45, 7) is 6.10. The van der Waals surface area contributed by atoms with Crippen molar-refractivity contribution in [3.05, 3.63) is 58.1 Å². The molecular formula is C23H28N6O3. The maximum Gasteiger partial charge on any atom is 0.270 e. The summed E-state index contributed by atoms with van der Waals surface area (Å²) in [6, 6.07) is 8.09. The Hall–Kier alpha value is -3.30. The average Bonchev–Trinajstić information content (AvgIpc) is 2.78. The Morgan fingerprint density at radius 1 is 1.25 bits per heavy atom. The van der Waals surface area contributed by atoms with Crippen molar-refractivity contribution in [1.29, 1.82) is 0 Å². The van der Waals surface area contributed by atoms with Crippen molar-refractivity contribution in [1.82, 2.24) is 24.8 Å². The minimum Gasteiger partial charge on any atom is -0.466 e. The van der Waals surface area contributed by atoms with Gasteiger partial charge in [-0.25, -0.2) is 9.97 Å². The Morgan fingerprint density at radius 3 is 2.94 bits per heavy atom. The first kappa shape index (κ1) is 21.9. The number of anilines is 1. The normalized spacial score (nSPS) is 14.2. The van der Waals surface area contributed by atoms with Crippen LogP contribution < -0.4 is 20.9 Å². The van der Waals surface area contributed by atoms with Crippen LogP contribution in [0.15, 0.2) is 41.5 Å². The first-order chi connectivity index (χ1) is 15.4. The van der Waals surface area contributed by atoms with Crippen LogP contribution in [-0.4, -0.2) is 51.6 Å². The van der Waals surface area contributed by atoms with Crippen LogP contribution in [0.5, 0.6) is 5.88 Å². The number of nitrogens with one attached hydrogen (secondary N) is 2. The van der Waals surface area contributed by atoms with Crippen molar-refractivity contribution in [2.75, 3.05) is 25.5 Å². The van der Waals surface area contributed by atoms with Crippen LogP contribution >= 0.6 is 0 Å². The van der Waals surface area contributed by atoms with Gasteiger partial charge in [0, 0.05) is 25.3 Å². The van der Waals surface area contributed by atoms with Crippen LogP contribution in [0, 0.1) is 6.92 Å². The Kier molecular flexibility index (Phi) is 6.48. The number of fused-ring (bicyclic) bond motifs is 2. The van der Waals surface area contributed by atoms with Crippen LogP contribution in [0.1, 0.15) is 24.5 Å². The molecule has 0 fully saturated rings. The summed E-state index contributed by atoms with van der Waals surface area (Å²) >= 11 is 0. The van der Waals surface area contributed by atoms with Crippen molar-refractivity contribution in [3.8, 4) is 5.88 Å². The number of carbonyl (C=O) groups is 1. The summed E-state index contributed by atoms with van der Waals surface area (Å²) in [7, 11) is 2.01. The molecule has 0 aliphatic carbocycles. The van der Waals surface area contributed by atoms with E-state index >= 15 is 0 Å². The molecule has 2 N–H and O–H groups in total. The van der Waals surface area contributed by atoms with E-state index in [2.05, 4.69) is 32.4 Å². The largest absolute Gasteiger partial charge is 0.466 e. The molecular weight excluding hydrogens is 408 g/mol. The number of carbonyl (C=O) groups excluding carboxylic acids is 1. The van der Waals surface area contributed by atoms with E-state index in [0.717, 1.165) is 35.1 Å². The van der Waals surface area contributed by atoms with Gasteiger partial charge < -0.3 is 15.4 Å². The third-order valence-electron chi connectivity index (χ3n) is 5.50. The van der Waals surface area contributed by atoms with E-state index in [0.29, 0.717) is 24.8 Å². The van der Waals surface area contributed by atoms with Gasteiger partial charge in [0.25, 0.3) is 11.5 Å². The Bertz CT molecular complexity index is 1190. The van der Waals surface area contributed by atoms with Crippen LogP contribution in [0.2, 0.25) is 0 Å². The van der Waals surface area contributed by atoms with Gasteiger partial charge in [-0.2, -0.15) is 0 Å². The van der Waals surface area contributed by atoms with Gasteiger partial charge in [0.05, 0.1) is 23.9 Å². The molecule has 9 heteroatoms. The second-order valence-electron chi connectivity index (χ2n) is 8.34. The molecule has 4 rings (SSSR count). The molecule has 1 aromatic carbocycles. The molecule has 9 nitrogen and oxygen atoms in total. The summed E-state index contributed by atoms with van der Waals surface area (Å²) < 4.78 is 7.06. The summed E-state index contributed by atoms with van der Waals surface area (Å²) in [6.07, 6.45) is 4.05. The molecule has 0 spiro atoms. The minimum absolute atomic E-state index is 0.00314. The highest BCUT2D eigenvalue weighted by molar-refractivity contribution is 5.94. The Labute approximate surface area is 186 Å². The smallest absolute Gasteiger partial charge is 0.270 e. The van der Waals surface area contributed by atoms with Crippen molar-refractivity contribution in [3.63, 3.8) is 0 Å². The molecule has 168 valence electrons. The Morgan fingerprint density at radius 2 is 2.09 bits per heavy atom. The van der Waals surface area contributed by atoms with Crippen LogP contribution in [0.4, 0.5) is 5.69 Å². The van der Waals surface area contributed by atoms with Gasteiger partial charge in [-0.15, -0.1) is 0 Å². The number of ether oxygens (including phenoxy) is 1. The second kappa shape index (κ2) is 9.46. The average molecular weight is 437 g/mol. The summed E-state index contributed by atoms with van der Waals surface area (Å²) in [5, 5.41) is 6.26. The van der Waals surface area contributed by atoms with Crippen molar-refractivity contribution >= 4 is 22.6 Å². The molecule has 32 heavy (non-hydrogen) atoms. The van der Waals surface area contributed by atoms with Gasteiger partial charge in [0.1, 0.15) is 5.69 Å². The van der Waals surface area contributed by atoms with E-state index in [1.54, 1.807) is 10.8 Å². The van der Waals surface area contributed by atoms with E-state index in [1.807, 2.05) is 38.2 Å². The molecule has 1 aliphatic rings. The highest BCUT2D eigenvalue weighted by atomic mass is 16.5. The van der Waals surface area contributed by atoms with Crippen molar-refractivity contribution < 1.29 is 9.53 Å². The lowest BCUT2D eigenvalue weighted by Gasteiger charge is -2.22. The fourth-order valence-electron chi connectivity index (χ4n) is 3.66. The number of hydrogen-bond acceptors (Lipinski definition) is 7. The molecule has 3 aromatic rings. The monoisotopic (exact) mass is 436 g/mol. The lowest BCUT2D eigenvalue weighted by atomic mass is 10.2. The third kappa shape index (κ3) is 5.12. The quantitative estimate of drug-likeness (QED) is 0.556. The summed E-state index contributed by atoms with van der Waals surface area (Å²) in [4.78, 5) is 34.6. The number of aryl methyl sites for hydroxylation is 1. The van der Waals surface area contributed by atoms with Gasteiger partial charge >= 0.3 is 0 Å². The second-order valence-corrected chi connectivity index (χ2v) is 8.34. The van der Waals surface area contributed by atoms with Gasteiger partial charge in [-0.3, -0.25) is 19.1 Å². The first-order valence-electron chi connectivity index (χ1n) is 10.7. The number of amides is 1. The molecule has 0 saturated carbocycles. The van der Waals surface area contributed by atoms with Crippen LogP contribution in [0.3, 0.4) is 0 Å². The van der Waals surface area contributed by atoms with E-state index in [-0.39, 0.29) is 24.1 Å². The lowest BCUT2D eigenvalue weighted by molar-refractivity contribution is -0.118. The predicted octanol–water partition coefficient (Wildman–Crippen LogP) is 1.89. The fraction of sp³-hybridized carbons (Fsp3) is 0.391. The number of hydrogen-bond donors (Lipinski definition) is 2. The lowest BCUT2D eigenvalue weighted by Crippen LogP contribution is -2.34. The van der Waals surface area contributed by atoms with Crippen molar-refractivity contribution in [2.45, 2.75) is 39.5 Å². The maximum absolute atomic E-state index is 12.4. The van der Waals surface area contributed by atoms with Gasteiger partial charge in [-0.05, 0) is 56.6 Å². The zero-order chi connectivity index (χ0) is 22.7. The number of rotatable bonds is 8. The standard InChI is InChI=1S/C23H28N6O3/c1-15-4-5-18-20(8-15)29(22(31)12-25-18)14-28(3)7-6-16(2)24-10-17-9-19-23(26-11-17)32-13-21(30)27-19/h4-5,8-9,11-12,16,24H,6-7,10,13-14H2,1-3H3,(H,27,30). The van der Waals surface area contributed by atoms with Crippen LogP contribution in [0.25, 0.3) is 11.0 Å².